The van der Waals surface area contributed by atoms with Gasteiger partial charge in [0.1, 0.15) is 5.75 Å². The van der Waals surface area contributed by atoms with Gasteiger partial charge in [0.15, 0.2) is 23.5 Å². The first-order chi connectivity index (χ1) is 12.3. The van der Waals surface area contributed by atoms with E-state index in [2.05, 4.69) is 0 Å². The molecule has 0 saturated carbocycles. The highest BCUT2D eigenvalue weighted by molar-refractivity contribution is 5.94. The number of ketones is 1. The van der Waals surface area contributed by atoms with E-state index in [0.717, 1.165) is 0 Å². The van der Waals surface area contributed by atoms with Gasteiger partial charge in [-0.15, -0.1) is 0 Å². The topological polar surface area (TPSA) is 55.8 Å². The summed E-state index contributed by atoms with van der Waals surface area (Å²) in [6.07, 6.45) is -0.745. The van der Waals surface area contributed by atoms with Crippen molar-refractivity contribution in [1.29, 1.82) is 0 Å². The Labute approximate surface area is 152 Å². The normalized spacial score (nSPS) is 11.6. The fourth-order valence-corrected chi connectivity index (χ4v) is 2.51. The van der Waals surface area contributed by atoms with E-state index in [-0.39, 0.29) is 24.0 Å². The molecule has 2 aromatic rings. The second-order valence-electron chi connectivity index (χ2n) is 6.01. The Morgan fingerprint density at radius 2 is 1.92 bits per heavy atom. The summed E-state index contributed by atoms with van der Waals surface area (Å²) in [7, 11) is 3.02. The van der Waals surface area contributed by atoms with Crippen LogP contribution in [-0.4, -0.2) is 36.9 Å². The molecular weight excluding hydrogens is 337 g/mol. The average molecular weight is 359 g/mol. The number of rotatable bonds is 7. The molecule has 0 aromatic heterocycles. The smallest absolute Gasteiger partial charge is 0.263 e. The molecule has 26 heavy (non-hydrogen) atoms. The molecule has 0 spiro atoms. The summed E-state index contributed by atoms with van der Waals surface area (Å²) in [6, 6.07) is 11.2. The molecule has 0 fully saturated rings. The van der Waals surface area contributed by atoms with Crippen molar-refractivity contribution in [3.05, 3.63) is 59.4 Å². The molecule has 0 bridgehead atoms. The Morgan fingerprint density at radius 1 is 1.19 bits per heavy atom. The van der Waals surface area contributed by atoms with E-state index in [1.807, 2.05) is 0 Å². The number of likely N-dealkylation sites (N-methyl/N-ethyl adjacent to an activating group) is 1. The summed E-state index contributed by atoms with van der Waals surface area (Å²) in [5, 5.41) is 0. The molecule has 0 aliphatic rings. The number of ether oxygens (including phenoxy) is 2. The van der Waals surface area contributed by atoms with Gasteiger partial charge in [0.25, 0.3) is 5.91 Å². The minimum Gasteiger partial charge on any atom is -0.494 e. The molecular formula is C20H22FNO4. The number of hydrogen-bond donors (Lipinski definition) is 0. The van der Waals surface area contributed by atoms with E-state index in [4.69, 9.17) is 9.47 Å². The largest absolute Gasteiger partial charge is 0.494 e. The lowest BCUT2D eigenvalue weighted by molar-refractivity contribution is -0.137. The Balaban J connectivity index is 2.02. The molecule has 1 unspecified atom stereocenters. The van der Waals surface area contributed by atoms with Crippen LogP contribution in [0.3, 0.4) is 0 Å². The number of amides is 1. The first-order valence-electron chi connectivity index (χ1n) is 8.17. The third-order valence-electron chi connectivity index (χ3n) is 3.91. The Hall–Kier alpha value is -2.89. The summed E-state index contributed by atoms with van der Waals surface area (Å²) < 4.78 is 24.3. The van der Waals surface area contributed by atoms with Crippen molar-refractivity contribution in [3.8, 4) is 11.5 Å². The van der Waals surface area contributed by atoms with Gasteiger partial charge in [0, 0.05) is 19.2 Å². The SMILES string of the molecule is COc1ccc(CN(C)C(=O)C(C)Oc2cccc(C(C)=O)c2)cc1F. The second-order valence-corrected chi connectivity index (χ2v) is 6.01. The zero-order valence-electron chi connectivity index (χ0n) is 15.3. The van der Waals surface area contributed by atoms with Crippen molar-refractivity contribution in [2.75, 3.05) is 14.2 Å². The van der Waals surface area contributed by atoms with Crippen LogP contribution in [0.25, 0.3) is 0 Å². The molecule has 1 amide bonds. The number of carbonyl (C=O) groups excluding carboxylic acids is 2. The average Bonchev–Trinajstić information content (AvgIpc) is 2.61. The molecule has 6 heteroatoms. The van der Waals surface area contributed by atoms with Crippen molar-refractivity contribution < 1.29 is 23.5 Å². The molecule has 0 saturated heterocycles. The fourth-order valence-electron chi connectivity index (χ4n) is 2.51. The van der Waals surface area contributed by atoms with Gasteiger partial charge in [-0.2, -0.15) is 0 Å². The summed E-state index contributed by atoms with van der Waals surface area (Å²) >= 11 is 0. The molecule has 0 aliphatic heterocycles. The summed E-state index contributed by atoms with van der Waals surface area (Å²) in [5.41, 5.74) is 1.16. The number of nitrogens with zero attached hydrogens (tertiary/aromatic N) is 1. The third kappa shape index (κ3) is 4.81. The zero-order chi connectivity index (χ0) is 19.3. The van der Waals surface area contributed by atoms with Crippen LogP contribution in [0.1, 0.15) is 29.8 Å². The van der Waals surface area contributed by atoms with Gasteiger partial charge >= 0.3 is 0 Å². The predicted octanol–water partition coefficient (Wildman–Crippen LogP) is 3.46. The molecule has 138 valence electrons. The van der Waals surface area contributed by atoms with Crippen LogP contribution >= 0.6 is 0 Å². The van der Waals surface area contributed by atoms with Crippen molar-refractivity contribution in [2.24, 2.45) is 0 Å². The second kappa shape index (κ2) is 8.47. The molecule has 0 heterocycles. The van der Waals surface area contributed by atoms with Crippen LogP contribution in [0.15, 0.2) is 42.5 Å². The van der Waals surface area contributed by atoms with Crippen LogP contribution in [0.2, 0.25) is 0 Å². The van der Waals surface area contributed by atoms with Crippen molar-refractivity contribution >= 4 is 11.7 Å². The number of Topliss-reactive ketones (excluding diaryl/α,β-unsaturated/α-hetero) is 1. The van der Waals surface area contributed by atoms with Crippen LogP contribution in [0.5, 0.6) is 11.5 Å². The summed E-state index contributed by atoms with van der Waals surface area (Å²) in [6.45, 7) is 3.34. The van der Waals surface area contributed by atoms with Gasteiger partial charge in [0.2, 0.25) is 0 Å². The highest BCUT2D eigenvalue weighted by atomic mass is 19.1. The number of carbonyl (C=O) groups is 2. The maximum Gasteiger partial charge on any atom is 0.263 e. The lowest BCUT2D eigenvalue weighted by Crippen LogP contribution is -2.37. The monoisotopic (exact) mass is 359 g/mol. The van der Waals surface area contributed by atoms with Crippen molar-refractivity contribution in [3.63, 3.8) is 0 Å². The Morgan fingerprint density at radius 3 is 2.54 bits per heavy atom. The summed E-state index contributed by atoms with van der Waals surface area (Å²) in [5.74, 6) is -0.203. The maximum atomic E-state index is 13.8. The molecule has 0 N–H and O–H groups in total. The lowest BCUT2D eigenvalue weighted by Gasteiger charge is -2.22. The maximum absolute atomic E-state index is 13.8. The lowest BCUT2D eigenvalue weighted by atomic mass is 10.1. The standard InChI is InChI=1S/C20H22FNO4/c1-13(23)16-6-5-7-17(11-16)26-14(2)20(24)22(3)12-15-8-9-19(25-4)18(21)10-15/h5-11,14H,12H2,1-4H3. The van der Waals surface area contributed by atoms with E-state index >= 15 is 0 Å². The van der Waals surface area contributed by atoms with Crippen molar-refractivity contribution in [1.82, 2.24) is 4.90 Å². The van der Waals surface area contributed by atoms with Crippen LogP contribution in [0.4, 0.5) is 4.39 Å². The van der Waals surface area contributed by atoms with E-state index in [0.29, 0.717) is 16.9 Å². The highest BCUT2D eigenvalue weighted by Gasteiger charge is 2.20. The first-order valence-corrected chi connectivity index (χ1v) is 8.17. The number of halogens is 1. The number of hydrogen-bond acceptors (Lipinski definition) is 4. The minimum absolute atomic E-state index is 0.0759. The molecule has 0 radical (unpaired) electrons. The summed E-state index contributed by atoms with van der Waals surface area (Å²) in [4.78, 5) is 25.4. The van der Waals surface area contributed by atoms with Gasteiger partial charge in [-0.25, -0.2) is 4.39 Å². The van der Waals surface area contributed by atoms with Gasteiger partial charge in [-0.05, 0) is 43.7 Å². The first kappa shape index (κ1) is 19.4. The molecule has 1 atom stereocenters. The predicted molar refractivity (Wildman–Crippen MR) is 96.0 cm³/mol. The van der Waals surface area contributed by atoms with Gasteiger partial charge < -0.3 is 14.4 Å². The fraction of sp³-hybridized carbons (Fsp3) is 0.300. The Bertz CT molecular complexity index is 806. The number of benzene rings is 2. The van der Waals surface area contributed by atoms with Gasteiger partial charge in [-0.1, -0.05) is 18.2 Å². The molecule has 2 aromatic carbocycles. The minimum atomic E-state index is -0.745. The third-order valence-corrected chi connectivity index (χ3v) is 3.91. The van der Waals surface area contributed by atoms with E-state index in [9.17, 15) is 14.0 Å². The quantitative estimate of drug-likeness (QED) is 0.711. The van der Waals surface area contributed by atoms with Crippen molar-refractivity contribution in [2.45, 2.75) is 26.5 Å². The van der Waals surface area contributed by atoms with Gasteiger partial charge in [0.05, 0.1) is 7.11 Å². The van der Waals surface area contributed by atoms with Crippen LogP contribution < -0.4 is 9.47 Å². The Kier molecular flexibility index (Phi) is 6.33. The number of methoxy groups -OCH3 is 1. The van der Waals surface area contributed by atoms with Crippen LogP contribution in [0, 0.1) is 5.82 Å². The van der Waals surface area contributed by atoms with E-state index in [1.54, 1.807) is 44.3 Å². The zero-order valence-corrected chi connectivity index (χ0v) is 15.3. The van der Waals surface area contributed by atoms with E-state index < -0.39 is 11.9 Å². The van der Waals surface area contributed by atoms with Gasteiger partial charge in [-0.3, -0.25) is 9.59 Å². The molecule has 2 rings (SSSR count). The van der Waals surface area contributed by atoms with E-state index in [1.165, 1.54) is 31.1 Å². The highest BCUT2D eigenvalue weighted by Crippen LogP contribution is 2.19. The molecule has 5 nitrogen and oxygen atoms in total. The molecule has 0 aliphatic carbocycles. The van der Waals surface area contributed by atoms with Crippen LogP contribution in [-0.2, 0) is 11.3 Å².